The van der Waals surface area contributed by atoms with Crippen LogP contribution in [0.2, 0.25) is 0 Å². The summed E-state index contributed by atoms with van der Waals surface area (Å²) < 4.78 is 23.8. The molecule has 4 aromatic rings. The number of hydrogen-bond acceptors (Lipinski definition) is 5. The lowest BCUT2D eigenvalue weighted by atomic mass is 10.3. The summed E-state index contributed by atoms with van der Waals surface area (Å²) in [5.74, 6) is -0.571. The summed E-state index contributed by atoms with van der Waals surface area (Å²) in [5, 5.41) is 11.6. The van der Waals surface area contributed by atoms with Gasteiger partial charge in [-0.05, 0) is 48.5 Å². The van der Waals surface area contributed by atoms with Crippen molar-refractivity contribution in [2.45, 2.75) is 12.3 Å². The zero-order valence-corrected chi connectivity index (χ0v) is 16.7. The van der Waals surface area contributed by atoms with E-state index in [0.717, 1.165) is 0 Å². The van der Waals surface area contributed by atoms with Crippen molar-refractivity contribution in [2.24, 2.45) is 0 Å². The second kappa shape index (κ2) is 9.69. The average molecular weight is 414 g/mol. The first-order valence-electron chi connectivity index (χ1n) is 9.85. The van der Waals surface area contributed by atoms with Crippen molar-refractivity contribution < 1.29 is 24.1 Å². The molecule has 0 amide bonds. The fraction of sp³-hybridized carbons (Fsp3) is 0.0769. The highest BCUT2D eigenvalue weighted by molar-refractivity contribution is 5.26. The lowest BCUT2D eigenvalue weighted by molar-refractivity contribution is -0.351. The Morgan fingerprint density at radius 1 is 0.452 bits per heavy atom. The van der Waals surface area contributed by atoms with Crippen molar-refractivity contribution in [3.05, 3.63) is 121 Å². The van der Waals surface area contributed by atoms with Gasteiger partial charge in [0, 0.05) is 0 Å². The van der Waals surface area contributed by atoms with E-state index in [2.05, 4.69) is 0 Å². The minimum atomic E-state index is -2.31. The quantitative estimate of drug-likeness (QED) is 0.378. The fourth-order valence-corrected chi connectivity index (χ4v) is 2.85. The average Bonchev–Trinajstić information content (AvgIpc) is 2.81. The van der Waals surface area contributed by atoms with Gasteiger partial charge in [0.2, 0.25) is 0 Å². The minimum absolute atomic E-state index is 0.388. The van der Waals surface area contributed by atoms with Crippen LogP contribution in [0.3, 0.4) is 0 Å². The Bertz CT molecular complexity index is 957. The van der Waals surface area contributed by atoms with E-state index in [1.807, 2.05) is 48.5 Å². The zero-order chi connectivity index (χ0) is 21.4. The van der Waals surface area contributed by atoms with Gasteiger partial charge in [-0.3, -0.25) is 0 Å². The first kappa shape index (κ1) is 20.3. The van der Waals surface area contributed by atoms with Crippen molar-refractivity contribution in [2.75, 3.05) is 0 Å². The maximum atomic E-state index is 11.6. The molecule has 0 saturated heterocycles. The van der Waals surface area contributed by atoms with E-state index in [0.29, 0.717) is 23.0 Å². The summed E-state index contributed by atoms with van der Waals surface area (Å²) in [6, 6.07) is 35.8. The Labute approximate surface area is 181 Å². The van der Waals surface area contributed by atoms with Crippen LogP contribution in [0, 0.1) is 0 Å². The predicted molar refractivity (Wildman–Crippen MR) is 117 cm³/mol. The van der Waals surface area contributed by atoms with Gasteiger partial charge in [0.25, 0.3) is 0 Å². The van der Waals surface area contributed by atoms with E-state index >= 15 is 0 Å². The molecule has 4 rings (SSSR count). The van der Waals surface area contributed by atoms with E-state index in [4.69, 9.17) is 18.9 Å². The number of aliphatic hydroxyl groups is 1. The monoisotopic (exact) mass is 414 g/mol. The summed E-state index contributed by atoms with van der Waals surface area (Å²) in [5.41, 5.74) is 0. The molecule has 0 aliphatic heterocycles. The third-order valence-corrected chi connectivity index (χ3v) is 4.29. The van der Waals surface area contributed by atoms with Crippen LogP contribution in [-0.4, -0.2) is 17.4 Å². The molecular weight excluding hydrogens is 392 g/mol. The van der Waals surface area contributed by atoms with E-state index in [1.54, 1.807) is 72.8 Å². The first-order valence-corrected chi connectivity index (χ1v) is 9.85. The van der Waals surface area contributed by atoms with Crippen LogP contribution < -0.4 is 18.9 Å². The van der Waals surface area contributed by atoms with E-state index < -0.39 is 12.3 Å². The maximum absolute atomic E-state index is 11.6. The molecule has 4 aromatic carbocycles. The summed E-state index contributed by atoms with van der Waals surface area (Å²) in [6.07, 6.45) is -1.36. The fourth-order valence-electron chi connectivity index (χ4n) is 2.85. The summed E-state index contributed by atoms with van der Waals surface area (Å²) >= 11 is 0. The Hall–Kier alpha value is -3.96. The molecular formula is C26H22O5. The molecule has 0 spiro atoms. The molecule has 5 nitrogen and oxygen atoms in total. The molecule has 0 atom stereocenters. The first-order chi connectivity index (χ1) is 15.2. The number of rotatable bonds is 9. The molecule has 0 aromatic heterocycles. The molecule has 0 saturated carbocycles. The van der Waals surface area contributed by atoms with Crippen molar-refractivity contribution in [3.63, 3.8) is 0 Å². The molecule has 0 heterocycles. The Kier molecular flexibility index (Phi) is 6.35. The van der Waals surface area contributed by atoms with Gasteiger partial charge in [-0.1, -0.05) is 72.8 Å². The molecule has 0 bridgehead atoms. The highest BCUT2D eigenvalue weighted by Crippen LogP contribution is 2.28. The van der Waals surface area contributed by atoms with Crippen LogP contribution in [-0.2, 0) is 0 Å². The number of ether oxygens (including phenoxy) is 4. The Morgan fingerprint density at radius 2 is 0.742 bits per heavy atom. The van der Waals surface area contributed by atoms with Gasteiger partial charge in [0.05, 0.1) is 0 Å². The predicted octanol–water partition coefficient (Wildman–Crippen LogP) is 5.27. The SMILES string of the molecule is OC(Oc1ccccc1)(Oc1ccccc1)C(Oc1ccccc1)Oc1ccccc1. The van der Waals surface area contributed by atoms with Crippen molar-refractivity contribution in [3.8, 4) is 23.0 Å². The van der Waals surface area contributed by atoms with Gasteiger partial charge < -0.3 is 24.1 Å². The molecule has 0 aliphatic rings. The third-order valence-electron chi connectivity index (χ3n) is 4.29. The van der Waals surface area contributed by atoms with E-state index in [-0.39, 0.29) is 0 Å². The largest absolute Gasteiger partial charge is 0.448 e. The van der Waals surface area contributed by atoms with Gasteiger partial charge in [0.15, 0.2) is 0 Å². The topological polar surface area (TPSA) is 57.2 Å². The summed E-state index contributed by atoms with van der Waals surface area (Å²) in [4.78, 5) is 0. The normalized spacial score (nSPS) is 11.0. The second-order valence-electron chi connectivity index (χ2n) is 6.65. The summed E-state index contributed by atoms with van der Waals surface area (Å²) in [7, 11) is 0. The third kappa shape index (κ3) is 5.56. The van der Waals surface area contributed by atoms with Crippen molar-refractivity contribution in [1.29, 1.82) is 0 Å². The van der Waals surface area contributed by atoms with Crippen LogP contribution in [0.1, 0.15) is 0 Å². The molecule has 0 aliphatic carbocycles. The van der Waals surface area contributed by atoms with Gasteiger partial charge in [-0.15, -0.1) is 0 Å². The molecule has 1 N–H and O–H groups in total. The molecule has 0 fully saturated rings. The minimum Gasteiger partial charge on any atom is -0.446 e. The smallest absolute Gasteiger partial charge is 0.446 e. The van der Waals surface area contributed by atoms with Gasteiger partial charge in [-0.25, -0.2) is 0 Å². The lowest BCUT2D eigenvalue weighted by Crippen LogP contribution is -2.58. The molecule has 156 valence electrons. The number of hydrogen-bond donors (Lipinski definition) is 1. The molecule has 0 unspecified atom stereocenters. The second-order valence-corrected chi connectivity index (χ2v) is 6.65. The van der Waals surface area contributed by atoms with Crippen LogP contribution in [0.4, 0.5) is 0 Å². The molecule has 0 radical (unpaired) electrons. The van der Waals surface area contributed by atoms with Crippen molar-refractivity contribution in [1.82, 2.24) is 0 Å². The molecule has 5 heteroatoms. The highest BCUT2D eigenvalue weighted by atomic mass is 16.9. The Morgan fingerprint density at radius 3 is 1.06 bits per heavy atom. The van der Waals surface area contributed by atoms with Crippen LogP contribution in [0.25, 0.3) is 0 Å². The summed E-state index contributed by atoms with van der Waals surface area (Å²) in [6.45, 7) is 0. The molecule has 31 heavy (non-hydrogen) atoms. The van der Waals surface area contributed by atoms with Crippen molar-refractivity contribution >= 4 is 0 Å². The Balaban J connectivity index is 1.71. The highest BCUT2D eigenvalue weighted by Gasteiger charge is 2.48. The standard InChI is InChI=1S/C26H22O5/c27-26(30-23-17-9-3-10-18-23,31-24-19-11-4-12-20-24)25(28-21-13-5-1-6-14-21)29-22-15-7-2-8-16-22/h1-20,25,27H. The number of benzene rings is 4. The van der Waals surface area contributed by atoms with E-state index in [9.17, 15) is 5.11 Å². The van der Waals surface area contributed by atoms with Gasteiger partial charge >= 0.3 is 12.3 Å². The van der Waals surface area contributed by atoms with Gasteiger partial charge in [0.1, 0.15) is 23.0 Å². The van der Waals surface area contributed by atoms with Crippen LogP contribution in [0.15, 0.2) is 121 Å². The van der Waals surface area contributed by atoms with Gasteiger partial charge in [-0.2, -0.15) is 0 Å². The number of para-hydroxylation sites is 4. The van der Waals surface area contributed by atoms with Crippen LogP contribution in [0.5, 0.6) is 23.0 Å². The van der Waals surface area contributed by atoms with Crippen LogP contribution >= 0.6 is 0 Å². The zero-order valence-electron chi connectivity index (χ0n) is 16.7. The maximum Gasteiger partial charge on any atom is 0.448 e. The lowest BCUT2D eigenvalue weighted by Gasteiger charge is -2.34. The van der Waals surface area contributed by atoms with E-state index in [1.165, 1.54) is 0 Å².